The third-order valence-corrected chi connectivity index (χ3v) is 2.01. The Morgan fingerprint density at radius 2 is 1.94 bits per heavy atom. The predicted molar refractivity (Wildman–Crippen MR) is 64.1 cm³/mol. The Balaban J connectivity index is 2.87. The molecule has 0 aromatic heterocycles. The molecule has 1 aromatic carbocycles. The molecular weight excluding hydrogens is 238 g/mol. The first-order valence-electron chi connectivity index (χ1n) is 5.36. The molecule has 0 fully saturated rings. The van der Waals surface area contributed by atoms with Gasteiger partial charge in [-0.1, -0.05) is 6.07 Å². The van der Waals surface area contributed by atoms with E-state index in [1.807, 2.05) is 0 Å². The highest BCUT2D eigenvalue weighted by atomic mass is 17.2. The van der Waals surface area contributed by atoms with E-state index in [0.29, 0.717) is 5.56 Å². The molecule has 0 aliphatic carbocycles. The molecular formula is C12H15NO5. The van der Waals surface area contributed by atoms with Gasteiger partial charge >= 0.3 is 5.97 Å². The van der Waals surface area contributed by atoms with Crippen molar-refractivity contribution in [3.8, 4) is 0 Å². The van der Waals surface area contributed by atoms with Crippen LogP contribution in [0.1, 0.15) is 36.7 Å². The Morgan fingerprint density at radius 1 is 1.33 bits per heavy atom. The van der Waals surface area contributed by atoms with E-state index < -0.39 is 16.5 Å². The molecule has 0 atom stereocenters. The number of hydrogen-bond acceptors (Lipinski definition) is 5. The van der Waals surface area contributed by atoms with Gasteiger partial charge in [-0.2, -0.15) is 4.89 Å². The summed E-state index contributed by atoms with van der Waals surface area (Å²) in [6, 6.07) is 4.12. The minimum absolute atomic E-state index is 0.0801. The second-order valence-electron chi connectivity index (χ2n) is 4.82. The molecule has 0 aliphatic heterocycles. The summed E-state index contributed by atoms with van der Waals surface area (Å²) in [5.74, 6) is -0.756. The zero-order chi connectivity index (χ0) is 13.9. The second-order valence-corrected chi connectivity index (χ2v) is 4.82. The van der Waals surface area contributed by atoms with Gasteiger partial charge in [-0.05, 0) is 33.8 Å². The van der Waals surface area contributed by atoms with Crippen molar-refractivity contribution in [1.82, 2.24) is 0 Å². The molecule has 0 N–H and O–H groups in total. The van der Waals surface area contributed by atoms with Crippen LogP contribution in [0.25, 0.3) is 0 Å². The maximum absolute atomic E-state index is 11.6. The molecule has 0 heterocycles. The van der Waals surface area contributed by atoms with Crippen LogP contribution in [0.3, 0.4) is 0 Å². The average Bonchev–Trinajstić information content (AvgIpc) is 2.25. The molecule has 0 radical (unpaired) electrons. The molecule has 0 amide bonds. The minimum atomic E-state index is -0.756. The number of benzene rings is 1. The van der Waals surface area contributed by atoms with E-state index >= 15 is 0 Å². The zero-order valence-electron chi connectivity index (χ0n) is 10.7. The van der Waals surface area contributed by atoms with Crippen LogP contribution in [-0.2, 0) is 9.78 Å². The Hall–Kier alpha value is -1.95. The number of nitro groups is 1. The number of carbonyl (C=O) groups is 1. The van der Waals surface area contributed by atoms with Crippen molar-refractivity contribution in [1.29, 1.82) is 0 Å². The fourth-order valence-electron chi connectivity index (χ4n) is 1.14. The molecule has 0 saturated carbocycles. The predicted octanol–water partition coefficient (Wildman–Crippen LogP) is 2.79. The van der Waals surface area contributed by atoms with E-state index in [1.165, 1.54) is 18.2 Å². The van der Waals surface area contributed by atoms with Crippen LogP contribution in [0.15, 0.2) is 18.2 Å². The molecule has 6 heteroatoms. The van der Waals surface area contributed by atoms with Crippen LogP contribution in [-0.4, -0.2) is 16.5 Å². The molecule has 0 bridgehead atoms. The van der Waals surface area contributed by atoms with Crippen molar-refractivity contribution in [2.24, 2.45) is 0 Å². The van der Waals surface area contributed by atoms with Crippen LogP contribution in [0.2, 0.25) is 0 Å². The summed E-state index contributed by atoms with van der Waals surface area (Å²) in [4.78, 5) is 31.3. The Labute approximate surface area is 105 Å². The molecule has 0 aliphatic rings. The Bertz CT molecular complexity index is 476. The van der Waals surface area contributed by atoms with Gasteiger partial charge in [-0.25, -0.2) is 4.79 Å². The lowest BCUT2D eigenvalue weighted by molar-refractivity contribution is -0.385. The van der Waals surface area contributed by atoms with Gasteiger partial charge in [0.15, 0.2) is 0 Å². The second kappa shape index (κ2) is 5.14. The lowest BCUT2D eigenvalue weighted by Crippen LogP contribution is -2.22. The summed E-state index contributed by atoms with van der Waals surface area (Å²) in [5, 5.41) is 10.7. The van der Waals surface area contributed by atoms with Crippen molar-refractivity contribution < 1.29 is 19.5 Å². The monoisotopic (exact) mass is 253 g/mol. The summed E-state index contributed by atoms with van der Waals surface area (Å²) < 4.78 is 0. The molecule has 0 spiro atoms. The Kier molecular flexibility index (Phi) is 4.03. The van der Waals surface area contributed by atoms with Crippen LogP contribution in [0.4, 0.5) is 5.69 Å². The number of hydrogen-bond donors (Lipinski definition) is 0. The first-order chi connectivity index (χ1) is 8.20. The number of nitro benzene ring substituents is 1. The quantitative estimate of drug-likeness (QED) is 0.470. The highest BCUT2D eigenvalue weighted by molar-refractivity contribution is 5.89. The van der Waals surface area contributed by atoms with Gasteiger partial charge in [-0.15, -0.1) is 0 Å². The maximum atomic E-state index is 11.6. The summed E-state index contributed by atoms with van der Waals surface area (Å²) in [7, 11) is 0. The SMILES string of the molecule is Cc1ccc(C(=O)OOC(C)(C)C)cc1[N+](=O)[O-]. The molecule has 98 valence electrons. The van der Waals surface area contributed by atoms with E-state index in [9.17, 15) is 14.9 Å². The number of aryl methyl sites for hydroxylation is 1. The van der Waals surface area contributed by atoms with Gasteiger partial charge in [-0.3, -0.25) is 15.0 Å². The number of carbonyl (C=O) groups excluding carboxylic acids is 1. The van der Waals surface area contributed by atoms with Gasteiger partial charge in [0.25, 0.3) is 5.69 Å². The molecule has 0 saturated heterocycles. The van der Waals surface area contributed by atoms with Gasteiger partial charge in [0.2, 0.25) is 0 Å². The normalized spacial score (nSPS) is 11.1. The van der Waals surface area contributed by atoms with Gasteiger partial charge < -0.3 is 0 Å². The van der Waals surface area contributed by atoms with Gasteiger partial charge in [0.1, 0.15) is 5.60 Å². The molecule has 0 unspecified atom stereocenters. The van der Waals surface area contributed by atoms with E-state index in [1.54, 1.807) is 27.7 Å². The highest BCUT2D eigenvalue weighted by Gasteiger charge is 2.19. The summed E-state index contributed by atoms with van der Waals surface area (Å²) >= 11 is 0. The lowest BCUT2D eigenvalue weighted by Gasteiger charge is -2.16. The average molecular weight is 253 g/mol. The fourth-order valence-corrected chi connectivity index (χ4v) is 1.14. The third kappa shape index (κ3) is 3.81. The first-order valence-corrected chi connectivity index (χ1v) is 5.36. The van der Waals surface area contributed by atoms with E-state index in [0.717, 1.165) is 0 Å². The van der Waals surface area contributed by atoms with Crippen molar-refractivity contribution >= 4 is 11.7 Å². The molecule has 18 heavy (non-hydrogen) atoms. The molecule has 1 rings (SSSR count). The smallest absolute Gasteiger partial charge is 0.292 e. The van der Waals surface area contributed by atoms with Crippen molar-refractivity contribution in [3.63, 3.8) is 0 Å². The lowest BCUT2D eigenvalue weighted by atomic mass is 10.1. The molecule has 6 nitrogen and oxygen atoms in total. The number of rotatable bonds is 3. The first kappa shape index (κ1) is 14.1. The van der Waals surface area contributed by atoms with Crippen LogP contribution >= 0.6 is 0 Å². The third-order valence-electron chi connectivity index (χ3n) is 2.01. The van der Waals surface area contributed by atoms with E-state index in [-0.39, 0.29) is 11.3 Å². The summed E-state index contributed by atoms with van der Waals surface area (Å²) in [6.45, 7) is 6.76. The minimum Gasteiger partial charge on any atom is -0.292 e. The standard InChI is InChI=1S/C12H15NO5/c1-8-5-6-9(7-10(8)13(15)16)11(14)17-18-12(2,3)4/h5-7H,1-4H3. The fraction of sp³-hybridized carbons (Fsp3) is 0.417. The van der Waals surface area contributed by atoms with Crippen LogP contribution in [0, 0.1) is 17.0 Å². The highest BCUT2D eigenvalue weighted by Crippen LogP contribution is 2.20. The zero-order valence-corrected chi connectivity index (χ0v) is 10.7. The van der Waals surface area contributed by atoms with E-state index in [4.69, 9.17) is 4.89 Å². The van der Waals surface area contributed by atoms with E-state index in [2.05, 4.69) is 4.89 Å². The number of nitrogens with zero attached hydrogens (tertiary/aromatic N) is 1. The summed E-state index contributed by atoms with van der Waals surface area (Å²) in [5.41, 5.74) is -0.197. The topological polar surface area (TPSA) is 78.7 Å². The maximum Gasteiger partial charge on any atom is 0.373 e. The van der Waals surface area contributed by atoms with Crippen LogP contribution in [0.5, 0.6) is 0 Å². The summed E-state index contributed by atoms with van der Waals surface area (Å²) in [6.07, 6.45) is 0. The largest absolute Gasteiger partial charge is 0.373 e. The van der Waals surface area contributed by atoms with Gasteiger partial charge in [0.05, 0.1) is 10.5 Å². The van der Waals surface area contributed by atoms with Crippen molar-refractivity contribution in [2.75, 3.05) is 0 Å². The van der Waals surface area contributed by atoms with Gasteiger partial charge in [0, 0.05) is 11.6 Å². The van der Waals surface area contributed by atoms with Crippen molar-refractivity contribution in [2.45, 2.75) is 33.3 Å². The molecule has 1 aromatic rings. The van der Waals surface area contributed by atoms with Crippen molar-refractivity contribution in [3.05, 3.63) is 39.4 Å². The Morgan fingerprint density at radius 3 is 2.44 bits per heavy atom. The van der Waals surface area contributed by atoms with Crippen LogP contribution < -0.4 is 0 Å².